The maximum Gasteiger partial charge on any atom is 0.103 e. The Labute approximate surface area is 185 Å². The summed E-state index contributed by atoms with van der Waals surface area (Å²) in [5.74, 6) is 5.27. The van der Waals surface area contributed by atoms with Gasteiger partial charge in [0.1, 0.15) is 5.60 Å². The minimum Gasteiger partial charge on any atom is -0.393 e. The SMILES string of the molecule is CC(C)CCC[C@H](C)[C@@H]1CCC[C@@H]2[C@@H]3C[C@@H]4O[C@]45C[C@H](O)CC[C@]5(C)[C@@H]3CC[C@@]21C. The molecule has 0 amide bonds. The smallest absolute Gasteiger partial charge is 0.103 e. The molecule has 4 aliphatic carbocycles. The predicted molar refractivity (Wildman–Crippen MR) is 123 cm³/mol. The van der Waals surface area contributed by atoms with E-state index in [1.54, 1.807) is 0 Å². The first-order valence-electron chi connectivity index (χ1n) is 13.6. The molecule has 10 atom stereocenters. The summed E-state index contributed by atoms with van der Waals surface area (Å²) in [7, 11) is 0. The first-order chi connectivity index (χ1) is 14.2. The number of hydrogen-bond donors (Lipinski definition) is 1. The highest BCUT2D eigenvalue weighted by Gasteiger charge is 2.75. The van der Waals surface area contributed by atoms with Crippen LogP contribution in [0.1, 0.15) is 112 Å². The van der Waals surface area contributed by atoms with Crippen LogP contribution < -0.4 is 0 Å². The van der Waals surface area contributed by atoms with Crippen molar-refractivity contribution in [2.75, 3.05) is 0 Å². The average molecular weight is 417 g/mol. The monoisotopic (exact) mass is 416 g/mol. The first-order valence-corrected chi connectivity index (χ1v) is 13.6. The fourth-order valence-electron chi connectivity index (χ4n) is 9.88. The van der Waals surface area contributed by atoms with E-state index in [1.165, 1.54) is 64.2 Å². The molecule has 1 spiro atoms. The summed E-state index contributed by atoms with van der Waals surface area (Å²) in [5, 5.41) is 10.4. The molecule has 2 heteroatoms. The van der Waals surface area contributed by atoms with Crippen LogP contribution in [0.2, 0.25) is 0 Å². The maximum absolute atomic E-state index is 10.4. The van der Waals surface area contributed by atoms with Gasteiger partial charge in [-0.05, 0) is 85.9 Å². The first kappa shape index (κ1) is 21.7. The molecule has 1 saturated heterocycles. The largest absolute Gasteiger partial charge is 0.393 e. The molecule has 0 aromatic carbocycles. The van der Waals surface area contributed by atoms with Crippen LogP contribution in [-0.4, -0.2) is 22.9 Å². The lowest BCUT2D eigenvalue weighted by Crippen LogP contribution is -2.60. The lowest BCUT2D eigenvalue weighted by atomic mass is 9.41. The molecule has 172 valence electrons. The quantitative estimate of drug-likeness (QED) is 0.490. The predicted octanol–water partition coefficient (Wildman–Crippen LogP) is 6.99. The Morgan fingerprint density at radius 3 is 2.53 bits per heavy atom. The van der Waals surface area contributed by atoms with Gasteiger partial charge in [0.25, 0.3) is 0 Å². The Bertz CT molecular complexity index is 645. The molecule has 0 unspecified atom stereocenters. The summed E-state index contributed by atoms with van der Waals surface area (Å²) < 4.78 is 6.54. The van der Waals surface area contributed by atoms with Crippen molar-refractivity contribution < 1.29 is 9.84 Å². The molecule has 1 N–H and O–H groups in total. The number of aliphatic hydroxyl groups excluding tert-OH is 1. The van der Waals surface area contributed by atoms with Crippen molar-refractivity contribution in [3.05, 3.63) is 0 Å². The van der Waals surface area contributed by atoms with Gasteiger partial charge in [0.15, 0.2) is 0 Å². The minimum atomic E-state index is -0.126. The van der Waals surface area contributed by atoms with Crippen molar-refractivity contribution in [3.8, 4) is 0 Å². The third-order valence-electron chi connectivity index (χ3n) is 11.5. The van der Waals surface area contributed by atoms with Crippen LogP contribution in [0.25, 0.3) is 0 Å². The van der Waals surface area contributed by atoms with E-state index in [0.29, 0.717) is 16.9 Å². The Morgan fingerprint density at radius 2 is 1.77 bits per heavy atom. The van der Waals surface area contributed by atoms with Gasteiger partial charge < -0.3 is 9.84 Å². The van der Waals surface area contributed by atoms with Crippen molar-refractivity contribution >= 4 is 0 Å². The second-order valence-electron chi connectivity index (χ2n) is 13.3. The zero-order valence-corrected chi connectivity index (χ0v) is 20.5. The van der Waals surface area contributed by atoms with E-state index in [1.807, 2.05) is 0 Å². The van der Waals surface area contributed by atoms with Gasteiger partial charge in [-0.1, -0.05) is 60.3 Å². The molecule has 1 heterocycles. The summed E-state index contributed by atoms with van der Waals surface area (Å²) in [5.41, 5.74) is 0.908. The van der Waals surface area contributed by atoms with Gasteiger partial charge in [0, 0.05) is 11.8 Å². The van der Waals surface area contributed by atoms with Gasteiger partial charge >= 0.3 is 0 Å². The van der Waals surface area contributed by atoms with Gasteiger partial charge in [-0.15, -0.1) is 0 Å². The molecular weight excluding hydrogens is 368 g/mol. The molecule has 0 aromatic rings. The second kappa shape index (κ2) is 7.47. The standard InChI is InChI=1S/C28H48O2/c1-18(2)8-6-9-19(3)22-10-7-11-23-21-16-25-28(30-25)17-20(29)12-15-27(28,5)24(21)13-14-26(22,23)4/h18-25,29H,6-17H2,1-5H3/t19-,20+,21-,22-,23+,24+,25-,26+,27+,28+/m0/s1. The zero-order valence-electron chi connectivity index (χ0n) is 20.5. The highest BCUT2D eigenvalue weighted by molar-refractivity contribution is 5.23. The second-order valence-corrected chi connectivity index (χ2v) is 13.3. The van der Waals surface area contributed by atoms with Crippen molar-refractivity contribution in [1.29, 1.82) is 0 Å². The number of ether oxygens (including phenoxy) is 1. The number of rotatable bonds is 5. The molecule has 30 heavy (non-hydrogen) atoms. The van der Waals surface area contributed by atoms with Gasteiger partial charge in [-0.2, -0.15) is 0 Å². The molecule has 4 saturated carbocycles. The molecule has 0 radical (unpaired) electrons. The summed E-state index contributed by atoms with van der Waals surface area (Å²) >= 11 is 0. The van der Waals surface area contributed by atoms with Gasteiger partial charge in [0.05, 0.1) is 12.2 Å². The summed E-state index contributed by atoms with van der Waals surface area (Å²) in [4.78, 5) is 0. The fourth-order valence-corrected chi connectivity index (χ4v) is 9.88. The lowest BCUT2D eigenvalue weighted by Gasteiger charge is -2.63. The molecule has 1 aliphatic heterocycles. The summed E-state index contributed by atoms with van der Waals surface area (Å²) in [6, 6.07) is 0. The van der Waals surface area contributed by atoms with Crippen molar-refractivity contribution in [2.45, 2.75) is 129 Å². The van der Waals surface area contributed by atoms with Crippen LogP contribution in [-0.2, 0) is 4.74 Å². The van der Waals surface area contributed by atoms with Gasteiger partial charge in [0.2, 0.25) is 0 Å². The Hall–Kier alpha value is -0.0800. The van der Waals surface area contributed by atoms with E-state index in [0.717, 1.165) is 48.3 Å². The average Bonchev–Trinajstić information content (AvgIpc) is 3.38. The molecule has 0 aromatic heterocycles. The van der Waals surface area contributed by atoms with Crippen molar-refractivity contribution in [1.82, 2.24) is 0 Å². The minimum absolute atomic E-state index is 0.0395. The highest BCUT2D eigenvalue weighted by atomic mass is 16.6. The van der Waals surface area contributed by atoms with Crippen LogP contribution in [0.15, 0.2) is 0 Å². The van der Waals surface area contributed by atoms with Gasteiger partial charge in [-0.25, -0.2) is 0 Å². The lowest BCUT2D eigenvalue weighted by molar-refractivity contribution is -0.145. The third kappa shape index (κ3) is 3.09. The Balaban J connectivity index is 1.35. The van der Waals surface area contributed by atoms with Crippen LogP contribution in [0, 0.1) is 46.3 Å². The number of epoxide rings is 1. The zero-order chi connectivity index (χ0) is 21.3. The topological polar surface area (TPSA) is 32.8 Å². The number of aliphatic hydroxyl groups is 1. The molecule has 0 bridgehead atoms. The third-order valence-corrected chi connectivity index (χ3v) is 11.5. The molecular formula is C28H48O2. The van der Waals surface area contributed by atoms with Gasteiger partial charge in [-0.3, -0.25) is 0 Å². The van der Waals surface area contributed by atoms with E-state index < -0.39 is 0 Å². The summed E-state index contributed by atoms with van der Waals surface area (Å²) in [6.07, 6.45) is 16.2. The normalized spacial score (nSPS) is 53.3. The fraction of sp³-hybridized carbons (Fsp3) is 1.00. The van der Waals surface area contributed by atoms with E-state index in [4.69, 9.17) is 4.74 Å². The molecule has 5 fully saturated rings. The van der Waals surface area contributed by atoms with Crippen molar-refractivity contribution in [3.63, 3.8) is 0 Å². The van der Waals surface area contributed by atoms with E-state index >= 15 is 0 Å². The van der Waals surface area contributed by atoms with E-state index in [-0.39, 0.29) is 11.7 Å². The van der Waals surface area contributed by atoms with Crippen LogP contribution in [0.4, 0.5) is 0 Å². The van der Waals surface area contributed by atoms with Crippen molar-refractivity contribution in [2.24, 2.45) is 46.3 Å². The Morgan fingerprint density at radius 1 is 0.967 bits per heavy atom. The van der Waals surface area contributed by atoms with Crippen LogP contribution >= 0.6 is 0 Å². The number of hydrogen-bond acceptors (Lipinski definition) is 2. The van der Waals surface area contributed by atoms with E-state index in [9.17, 15) is 5.11 Å². The highest BCUT2D eigenvalue weighted by Crippen LogP contribution is 2.73. The maximum atomic E-state index is 10.4. The number of fused-ring (bicyclic) bond motifs is 4. The molecule has 2 nitrogen and oxygen atoms in total. The Kier molecular flexibility index (Phi) is 5.42. The molecule has 5 rings (SSSR count). The molecule has 5 aliphatic rings. The van der Waals surface area contributed by atoms with Crippen LogP contribution in [0.5, 0.6) is 0 Å². The summed E-state index contributed by atoms with van der Waals surface area (Å²) in [6.45, 7) is 12.6. The van der Waals surface area contributed by atoms with Crippen LogP contribution in [0.3, 0.4) is 0 Å². The van der Waals surface area contributed by atoms with E-state index in [2.05, 4.69) is 34.6 Å².